The van der Waals surface area contributed by atoms with E-state index in [1.54, 1.807) is 0 Å². The Morgan fingerprint density at radius 1 is 1.00 bits per heavy atom. The van der Waals surface area contributed by atoms with Crippen LogP contribution in [0.4, 0.5) is 0 Å². The summed E-state index contributed by atoms with van der Waals surface area (Å²) >= 11 is 0. The van der Waals surface area contributed by atoms with Gasteiger partial charge in [-0.25, -0.2) is 0 Å². The number of hydrogen-bond acceptors (Lipinski definition) is 3. The summed E-state index contributed by atoms with van der Waals surface area (Å²) < 4.78 is 0. The Morgan fingerprint density at radius 2 is 1.77 bits per heavy atom. The van der Waals surface area contributed by atoms with E-state index >= 15 is 0 Å². The van der Waals surface area contributed by atoms with Gasteiger partial charge >= 0.3 is 0 Å². The van der Waals surface area contributed by atoms with Crippen LogP contribution in [0.1, 0.15) is 65.2 Å². The third-order valence-corrected chi connectivity index (χ3v) is 8.18. The van der Waals surface area contributed by atoms with E-state index < -0.39 is 0 Å². The average molecular weight is 306 g/mol. The van der Waals surface area contributed by atoms with Gasteiger partial charge in [0.05, 0.1) is 12.2 Å². The Kier molecular flexibility index (Phi) is 3.30. The predicted molar refractivity (Wildman–Crippen MR) is 84.1 cm³/mol. The molecule has 0 aromatic rings. The molecule has 3 nitrogen and oxygen atoms in total. The first-order valence-electron chi connectivity index (χ1n) is 9.22. The van der Waals surface area contributed by atoms with E-state index in [9.17, 15) is 15.0 Å². The van der Waals surface area contributed by atoms with Crippen molar-refractivity contribution < 1.29 is 15.0 Å². The highest BCUT2D eigenvalue weighted by atomic mass is 16.3. The van der Waals surface area contributed by atoms with Gasteiger partial charge in [-0.3, -0.25) is 4.79 Å². The van der Waals surface area contributed by atoms with Gasteiger partial charge in [-0.1, -0.05) is 13.8 Å². The summed E-state index contributed by atoms with van der Waals surface area (Å²) in [4.78, 5) is 12.8. The highest BCUT2D eigenvalue weighted by Crippen LogP contribution is 2.65. The lowest BCUT2D eigenvalue weighted by Crippen LogP contribution is -2.56. The van der Waals surface area contributed by atoms with Crippen molar-refractivity contribution in [2.45, 2.75) is 77.4 Å². The second kappa shape index (κ2) is 4.80. The second-order valence-corrected chi connectivity index (χ2v) is 9.32. The van der Waals surface area contributed by atoms with E-state index in [1.807, 2.05) is 0 Å². The van der Waals surface area contributed by atoms with Gasteiger partial charge in [-0.05, 0) is 73.5 Å². The number of Topliss-reactive ketones (excluding diaryl/α,β-unsaturated/α-hetero) is 1. The first-order valence-corrected chi connectivity index (χ1v) is 9.22. The molecular weight excluding hydrogens is 276 g/mol. The number of fused-ring (bicyclic) bond motifs is 5. The SMILES string of the molecule is C[C@]12CC[C@@H]3[C@H](CC(=O)[C@H]4C[C@H](O)CC[C@@]43C)[C@@H]1C[C@@H](O)C2. The van der Waals surface area contributed by atoms with Crippen molar-refractivity contribution in [2.24, 2.45) is 34.5 Å². The number of rotatable bonds is 0. The molecule has 0 saturated heterocycles. The van der Waals surface area contributed by atoms with Gasteiger partial charge in [0.25, 0.3) is 0 Å². The molecule has 0 amide bonds. The zero-order valence-corrected chi connectivity index (χ0v) is 13.9. The fourth-order valence-electron chi connectivity index (χ4n) is 7.04. The number of aliphatic hydroxyl groups is 2. The topological polar surface area (TPSA) is 57.5 Å². The normalized spacial score (nSPS) is 57.9. The Balaban J connectivity index is 1.67. The van der Waals surface area contributed by atoms with Crippen molar-refractivity contribution in [3.05, 3.63) is 0 Å². The summed E-state index contributed by atoms with van der Waals surface area (Å²) in [5.41, 5.74) is 0.340. The lowest BCUT2D eigenvalue weighted by atomic mass is 9.45. The Labute approximate surface area is 133 Å². The van der Waals surface area contributed by atoms with Gasteiger partial charge in [0.2, 0.25) is 0 Å². The quantitative estimate of drug-likeness (QED) is 0.723. The molecule has 4 aliphatic carbocycles. The summed E-state index contributed by atoms with van der Waals surface area (Å²) in [5.74, 6) is 2.09. The highest BCUT2D eigenvalue weighted by Gasteiger charge is 2.61. The third kappa shape index (κ3) is 1.97. The maximum atomic E-state index is 12.8. The summed E-state index contributed by atoms with van der Waals surface area (Å²) in [6.45, 7) is 4.67. The van der Waals surface area contributed by atoms with E-state index in [1.165, 1.54) is 12.8 Å². The molecular formula is C19H30O3. The molecule has 0 aromatic carbocycles. The first-order chi connectivity index (χ1) is 10.3. The van der Waals surface area contributed by atoms with Gasteiger partial charge in [0, 0.05) is 12.3 Å². The number of carbonyl (C=O) groups is 1. The van der Waals surface area contributed by atoms with Crippen LogP contribution in [0.3, 0.4) is 0 Å². The summed E-state index contributed by atoms with van der Waals surface area (Å²) in [6, 6.07) is 0. The molecule has 0 aromatic heterocycles. The Hall–Kier alpha value is -0.410. The largest absolute Gasteiger partial charge is 0.393 e. The van der Waals surface area contributed by atoms with Crippen LogP contribution in [0.5, 0.6) is 0 Å². The maximum absolute atomic E-state index is 12.8. The van der Waals surface area contributed by atoms with E-state index in [-0.39, 0.29) is 29.0 Å². The van der Waals surface area contributed by atoms with Crippen molar-refractivity contribution in [3.8, 4) is 0 Å². The Bertz CT molecular complexity index is 489. The van der Waals surface area contributed by atoms with Crippen LogP contribution in [-0.2, 0) is 4.79 Å². The van der Waals surface area contributed by atoms with Gasteiger partial charge < -0.3 is 10.2 Å². The predicted octanol–water partition coefficient (Wildman–Crippen LogP) is 2.93. The molecule has 4 aliphatic rings. The van der Waals surface area contributed by atoms with E-state index in [2.05, 4.69) is 13.8 Å². The Morgan fingerprint density at radius 3 is 2.55 bits per heavy atom. The highest BCUT2D eigenvalue weighted by molar-refractivity contribution is 5.83. The van der Waals surface area contributed by atoms with E-state index in [0.29, 0.717) is 36.4 Å². The lowest BCUT2D eigenvalue weighted by Gasteiger charge is -2.59. The first kappa shape index (κ1) is 15.1. The summed E-state index contributed by atoms with van der Waals surface area (Å²) in [7, 11) is 0. The standard InChI is InChI=1S/C19H30O3/c1-18-5-4-14-13(15(18)8-12(21)10-18)9-17(22)16-7-11(20)3-6-19(14,16)2/h11-16,20-21H,3-10H2,1-2H3/t11-,12-,13+,14-,15+,16-,18-,19-/m1/s1. The van der Waals surface area contributed by atoms with E-state index in [0.717, 1.165) is 25.7 Å². The number of aliphatic hydroxyl groups excluding tert-OH is 2. The molecule has 22 heavy (non-hydrogen) atoms. The van der Waals surface area contributed by atoms with Crippen molar-refractivity contribution in [1.82, 2.24) is 0 Å². The minimum absolute atomic E-state index is 0.0770. The van der Waals surface area contributed by atoms with Crippen molar-refractivity contribution in [1.29, 1.82) is 0 Å². The summed E-state index contributed by atoms with van der Waals surface area (Å²) in [5, 5.41) is 20.2. The van der Waals surface area contributed by atoms with E-state index in [4.69, 9.17) is 0 Å². The number of hydrogen-bond donors (Lipinski definition) is 2. The minimum Gasteiger partial charge on any atom is -0.393 e. The second-order valence-electron chi connectivity index (χ2n) is 9.32. The molecule has 4 saturated carbocycles. The molecule has 0 bridgehead atoms. The van der Waals surface area contributed by atoms with Gasteiger partial charge in [-0.15, -0.1) is 0 Å². The van der Waals surface area contributed by atoms with Crippen LogP contribution in [0.15, 0.2) is 0 Å². The van der Waals surface area contributed by atoms with Crippen LogP contribution in [-0.4, -0.2) is 28.2 Å². The van der Waals surface area contributed by atoms with Crippen LogP contribution < -0.4 is 0 Å². The fraction of sp³-hybridized carbons (Fsp3) is 0.947. The van der Waals surface area contributed by atoms with Gasteiger partial charge in [0.15, 0.2) is 0 Å². The smallest absolute Gasteiger partial charge is 0.136 e. The van der Waals surface area contributed by atoms with Crippen LogP contribution in [0, 0.1) is 34.5 Å². The zero-order chi connectivity index (χ0) is 15.7. The monoisotopic (exact) mass is 306 g/mol. The van der Waals surface area contributed by atoms with Crippen molar-refractivity contribution >= 4 is 5.78 Å². The molecule has 124 valence electrons. The molecule has 8 atom stereocenters. The molecule has 0 radical (unpaired) electrons. The zero-order valence-electron chi connectivity index (χ0n) is 13.9. The van der Waals surface area contributed by atoms with Gasteiger partial charge in [0.1, 0.15) is 5.78 Å². The molecule has 4 rings (SSSR count). The molecule has 3 heteroatoms. The molecule has 0 unspecified atom stereocenters. The molecule has 0 spiro atoms. The van der Waals surface area contributed by atoms with Crippen LogP contribution >= 0.6 is 0 Å². The summed E-state index contributed by atoms with van der Waals surface area (Å²) in [6.07, 6.45) is 7.03. The van der Waals surface area contributed by atoms with Crippen LogP contribution in [0.2, 0.25) is 0 Å². The third-order valence-electron chi connectivity index (χ3n) is 8.18. The van der Waals surface area contributed by atoms with Gasteiger partial charge in [-0.2, -0.15) is 0 Å². The minimum atomic E-state index is -0.277. The molecule has 4 fully saturated rings. The molecule has 2 N–H and O–H groups in total. The van der Waals surface area contributed by atoms with Crippen molar-refractivity contribution in [3.63, 3.8) is 0 Å². The lowest BCUT2D eigenvalue weighted by molar-refractivity contribution is -0.157. The molecule has 0 heterocycles. The average Bonchev–Trinajstić information content (AvgIpc) is 2.76. The fourth-order valence-corrected chi connectivity index (χ4v) is 7.04. The number of carbonyl (C=O) groups excluding carboxylic acids is 1. The van der Waals surface area contributed by atoms with Crippen LogP contribution in [0.25, 0.3) is 0 Å². The number of ketones is 1. The maximum Gasteiger partial charge on any atom is 0.136 e. The molecule has 0 aliphatic heterocycles. The van der Waals surface area contributed by atoms with Crippen molar-refractivity contribution in [2.75, 3.05) is 0 Å².